The average molecular weight is 100 g/mol. The highest BCUT2D eigenvalue weighted by molar-refractivity contribution is 5.06. The minimum Gasteiger partial charge on any atom is -0.505 e. The van der Waals surface area contributed by atoms with E-state index in [0.29, 0.717) is 0 Å². The van der Waals surface area contributed by atoms with E-state index in [1.165, 1.54) is 12.3 Å². The lowest BCUT2D eigenvalue weighted by Crippen LogP contribution is -1.86. The van der Waals surface area contributed by atoms with Crippen LogP contribution in [-0.4, -0.2) is 5.11 Å². The molecule has 0 unspecified atom stereocenters. The summed E-state index contributed by atoms with van der Waals surface area (Å²) >= 11 is 0. The van der Waals surface area contributed by atoms with E-state index in [0.717, 1.165) is 6.26 Å². The molecule has 1 N–H and O–H groups in total. The zero-order chi connectivity index (χ0) is 5.11. The topological polar surface area (TPSA) is 38.7 Å². The van der Waals surface area contributed by atoms with Crippen LogP contribution in [0, 0.1) is 0 Å². The van der Waals surface area contributed by atoms with Crippen molar-refractivity contribution in [3.05, 3.63) is 24.4 Å². The van der Waals surface area contributed by atoms with Gasteiger partial charge in [0.25, 0.3) is 0 Å². The van der Waals surface area contributed by atoms with Gasteiger partial charge >= 0.3 is 0 Å². The van der Waals surface area contributed by atoms with E-state index in [9.17, 15) is 0 Å². The Kier molecular flexibility index (Phi) is 0.898. The predicted molar refractivity (Wildman–Crippen MR) is 22.0 cm³/mol. The van der Waals surface area contributed by atoms with Crippen LogP contribution in [0.1, 0.15) is 0 Å². The van der Waals surface area contributed by atoms with Crippen molar-refractivity contribution in [1.29, 1.82) is 0 Å². The van der Waals surface area contributed by atoms with E-state index in [2.05, 4.69) is 9.78 Å². The van der Waals surface area contributed by atoms with E-state index in [1.807, 2.05) is 0 Å². The second-order valence-corrected chi connectivity index (χ2v) is 1.04. The quantitative estimate of drug-likeness (QED) is 0.459. The molecule has 3 heteroatoms. The third kappa shape index (κ3) is 0.855. The summed E-state index contributed by atoms with van der Waals surface area (Å²) in [6, 6.07) is 0. The fourth-order valence-corrected chi connectivity index (χ4v) is 0.246. The first kappa shape index (κ1) is 4.05. The lowest BCUT2D eigenvalue weighted by molar-refractivity contribution is -0.201. The van der Waals surface area contributed by atoms with E-state index in [4.69, 9.17) is 5.11 Å². The minimum atomic E-state index is 0.0613. The van der Waals surface area contributed by atoms with Gasteiger partial charge in [-0.05, 0) is 0 Å². The highest BCUT2D eigenvalue weighted by Gasteiger charge is 1.90. The molecule has 0 spiro atoms. The standard InChI is InChI=1S/C4H4O3/c5-4-1-2-6-7-3-4/h1-3,5H. The maximum atomic E-state index is 8.48. The van der Waals surface area contributed by atoms with Crippen molar-refractivity contribution in [2.75, 3.05) is 0 Å². The molecular formula is C4H4O3. The van der Waals surface area contributed by atoms with Crippen LogP contribution in [0.25, 0.3) is 0 Å². The minimum absolute atomic E-state index is 0.0613. The number of hydrogen-bond acceptors (Lipinski definition) is 3. The Bertz CT molecular complexity index is 114. The van der Waals surface area contributed by atoms with Gasteiger partial charge in [0, 0.05) is 6.08 Å². The van der Waals surface area contributed by atoms with Crippen molar-refractivity contribution in [2.45, 2.75) is 0 Å². The van der Waals surface area contributed by atoms with Gasteiger partial charge in [0.05, 0.1) is 0 Å². The predicted octanol–water partition coefficient (Wildman–Crippen LogP) is 0.861. The Balaban J connectivity index is 2.58. The second kappa shape index (κ2) is 1.55. The fourth-order valence-electron chi connectivity index (χ4n) is 0.246. The zero-order valence-electron chi connectivity index (χ0n) is 3.50. The van der Waals surface area contributed by atoms with Gasteiger partial charge in [-0.15, -0.1) is 0 Å². The average Bonchev–Trinajstić information content (AvgIpc) is 1.69. The molecule has 0 atom stereocenters. The molecule has 0 aromatic rings. The number of rotatable bonds is 0. The molecule has 0 bridgehead atoms. The molecular weight excluding hydrogens is 96.0 g/mol. The molecule has 0 aromatic heterocycles. The summed E-state index contributed by atoms with van der Waals surface area (Å²) < 4.78 is 0. The first-order valence-corrected chi connectivity index (χ1v) is 1.77. The molecule has 0 fully saturated rings. The summed E-state index contributed by atoms with van der Waals surface area (Å²) in [5, 5.41) is 8.48. The molecule has 1 aliphatic rings. The van der Waals surface area contributed by atoms with Gasteiger partial charge in [-0.3, -0.25) is 9.78 Å². The maximum absolute atomic E-state index is 8.48. The van der Waals surface area contributed by atoms with E-state index < -0.39 is 0 Å². The Hall–Kier alpha value is -1.12. The summed E-state index contributed by atoms with van der Waals surface area (Å²) in [7, 11) is 0. The third-order valence-electron chi connectivity index (χ3n) is 0.519. The van der Waals surface area contributed by atoms with E-state index in [1.54, 1.807) is 0 Å². The van der Waals surface area contributed by atoms with Crippen molar-refractivity contribution in [3.8, 4) is 0 Å². The van der Waals surface area contributed by atoms with E-state index >= 15 is 0 Å². The van der Waals surface area contributed by atoms with Gasteiger partial charge in [0.15, 0.2) is 12.0 Å². The van der Waals surface area contributed by atoms with Gasteiger partial charge in [0.1, 0.15) is 6.26 Å². The molecule has 0 radical (unpaired) electrons. The summed E-state index contributed by atoms with van der Waals surface area (Å²) in [6.07, 6.45) is 3.72. The highest BCUT2D eigenvalue weighted by atomic mass is 17.2. The molecule has 0 saturated heterocycles. The summed E-state index contributed by atoms with van der Waals surface area (Å²) in [6.45, 7) is 0. The van der Waals surface area contributed by atoms with Crippen LogP contribution in [0.15, 0.2) is 24.4 Å². The maximum Gasteiger partial charge on any atom is 0.184 e. The van der Waals surface area contributed by atoms with Gasteiger partial charge in [-0.25, -0.2) is 0 Å². The SMILES string of the molecule is OC1=COOC=C1. The van der Waals surface area contributed by atoms with Crippen LogP contribution in [0.3, 0.4) is 0 Å². The van der Waals surface area contributed by atoms with Crippen LogP contribution in [0.2, 0.25) is 0 Å². The molecule has 0 aliphatic carbocycles. The van der Waals surface area contributed by atoms with E-state index in [-0.39, 0.29) is 5.76 Å². The zero-order valence-corrected chi connectivity index (χ0v) is 3.50. The van der Waals surface area contributed by atoms with Crippen LogP contribution in [0.5, 0.6) is 0 Å². The smallest absolute Gasteiger partial charge is 0.184 e. The summed E-state index contributed by atoms with van der Waals surface area (Å²) in [4.78, 5) is 8.41. The summed E-state index contributed by atoms with van der Waals surface area (Å²) in [5.74, 6) is 0.0613. The Morgan fingerprint density at radius 1 is 1.43 bits per heavy atom. The second-order valence-electron chi connectivity index (χ2n) is 1.04. The van der Waals surface area contributed by atoms with Crippen LogP contribution in [0.4, 0.5) is 0 Å². The molecule has 1 rings (SSSR count). The molecule has 3 nitrogen and oxygen atoms in total. The molecule has 1 heterocycles. The molecule has 0 amide bonds. The van der Waals surface area contributed by atoms with Gasteiger partial charge in [0.2, 0.25) is 0 Å². The largest absolute Gasteiger partial charge is 0.505 e. The van der Waals surface area contributed by atoms with Gasteiger partial charge in [-0.2, -0.15) is 0 Å². The van der Waals surface area contributed by atoms with Gasteiger partial charge in [-0.1, -0.05) is 0 Å². The Morgan fingerprint density at radius 3 is 2.57 bits per heavy atom. The molecule has 38 valence electrons. The lowest BCUT2D eigenvalue weighted by Gasteiger charge is -1.99. The van der Waals surface area contributed by atoms with Crippen molar-refractivity contribution in [3.63, 3.8) is 0 Å². The van der Waals surface area contributed by atoms with Crippen LogP contribution >= 0.6 is 0 Å². The summed E-state index contributed by atoms with van der Waals surface area (Å²) in [5.41, 5.74) is 0. The highest BCUT2D eigenvalue weighted by Crippen LogP contribution is 1.98. The van der Waals surface area contributed by atoms with Crippen molar-refractivity contribution in [2.24, 2.45) is 0 Å². The van der Waals surface area contributed by atoms with Crippen molar-refractivity contribution >= 4 is 0 Å². The van der Waals surface area contributed by atoms with Gasteiger partial charge < -0.3 is 5.11 Å². The molecule has 0 aromatic carbocycles. The van der Waals surface area contributed by atoms with Crippen molar-refractivity contribution in [1.82, 2.24) is 0 Å². The first-order valence-electron chi connectivity index (χ1n) is 1.77. The number of aliphatic hydroxyl groups excluding tert-OH is 1. The normalized spacial score (nSPS) is 16.9. The molecule has 7 heavy (non-hydrogen) atoms. The lowest BCUT2D eigenvalue weighted by atomic mass is 10.5. The van der Waals surface area contributed by atoms with Crippen molar-refractivity contribution < 1.29 is 14.9 Å². The third-order valence-corrected chi connectivity index (χ3v) is 0.519. The Morgan fingerprint density at radius 2 is 2.29 bits per heavy atom. The molecule has 1 aliphatic heterocycles. The van der Waals surface area contributed by atoms with Crippen LogP contribution < -0.4 is 0 Å². The first-order chi connectivity index (χ1) is 3.39. The number of hydrogen-bond donors (Lipinski definition) is 1. The number of allylic oxidation sites excluding steroid dienone is 1. The fraction of sp³-hybridized carbons (Fsp3) is 0. The monoisotopic (exact) mass is 100 g/mol. The van der Waals surface area contributed by atoms with Crippen LogP contribution in [-0.2, 0) is 9.78 Å². The molecule has 0 saturated carbocycles. The number of aliphatic hydroxyl groups is 1. The Labute approximate surface area is 40.4 Å².